The van der Waals surface area contributed by atoms with Crippen LogP contribution >= 0.6 is 0 Å². The number of benzene rings is 6. The van der Waals surface area contributed by atoms with Gasteiger partial charge in [-0.15, -0.1) is 0 Å². The van der Waals surface area contributed by atoms with E-state index in [1.807, 2.05) is 18.2 Å². The molecule has 4 nitrogen and oxygen atoms in total. The first-order chi connectivity index (χ1) is 23.1. The zero-order chi connectivity index (χ0) is 31.3. The van der Waals surface area contributed by atoms with E-state index in [4.69, 9.17) is 14.4 Å². The lowest BCUT2D eigenvalue weighted by Crippen LogP contribution is -2.15. The number of para-hydroxylation sites is 2. The fourth-order valence-electron chi connectivity index (χ4n) is 7.84. The van der Waals surface area contributed by atoms with Crippen molar-refractivity contribution in [3.05, 3.63) is 151 Å². The van der Waals surface area contributed by atoms with Crippen LogP contribution in [0.15, 0.2) is 144 Å². The summed E-state index contributed by atoms with van der Waals surface area (Å²) in [6.07, 6.45) is 0. The van der Waals surface area contributed by atoms with Crippen LogP contribution in [0, 0.1) is 0 Å². The molecule has 0 fully saturated rings. The van der Waals surface area contributed by atoms with Gasteiger partial charge >= 0.3 is 0 Å². The number of rotatable bonds is 3. The van der Waals surface area contributed by atoms with E-state index in [0.717, 1.165) is 44.7 Å². The minimum atomic E-state index is -0.256. The second-order valence-electron chi connectivity index (χ2n) is 13.0. The zero-order valence-corrected chi connectivity index (χ0v) is 26.0. The standard InChI is InChI=1S/C43H29N3O/c1-43(2)33-24-37-32(23-31(33)29-21-22-39-40(41(29)43)30-18-10-12-20-38(30)47-39)28-17-9-11-19-36(28)46(37)42-44-34(26-13-5-3-6-14-26)25-35(45-42)27-15-7-4-8-16-27/h3-25H,1-2H3. The van der Waals surface area contributed by atoms with E-state index in [-0.39, 0.29) is 5.41 Å². The minimum Gasteiger partial charge on any atom is -0.456 e. The second-order valence-corrected chi connectivity index (χ2v) is 13.0. The van der Waals surface area contributed by atoms with Gasteiger partial charge in [-0.25, -0.2) is 9.97 Å². The summed E-state index contributed by atoms with van der Waals surface area (Å²) in [6.45, 7) is 4.69. The van der Waals surface area contributed by atoms with E-state index in [0.29, 0.717) is 5.95 Å². The summed E-state index contributed by atoms with van der Waals surface area (Å²) in [5.74, 6) is 0.660. The van der Waals surface area contributed by atoms with E-state index >= 15 is 0 Å². The number of hydrogen-bond donors (Lipinski definition) is 0. The van der Waals surface area contributed by atoms with E-state index in [1.54, 1.807) is 0 Å². The van der Waals surface area contributed by atoms with Gasteiger partial charge in [0.15, 0.2) is 0 Å². The zero-order valence-electron chi connectivity index (χ0n) is 26.0. The molecule has 1 aliphatic carbocycles. The molecule has 0 aliphatic heterocycles. The van der Waals surface area contributed by atoms with Crippen molar-refractivity contribution in [2.24, 2.45) is 0 Å². The molecule has 6 aromatic carbocycles. The summed E-state index contributed by atoms with van der Waals surface area (Å²) < 4.78 is 8.60. The van der Waals surface area contributed by atoms with E-state index in [2.05, 4.69) is 140 Å². The van der Waals surface area contributed by atoms with Crippen LogP contribution in [0.3, 0.4) is 0 Å². The molecule has 1 aliphatic rings. The van der Waals surface area contributed by atoms with Crippen molar-refractivity contribution in [2.75, 3.05) is 0 Å². The maximum Gasteiger partial charge on any atom is 0.235 e. The van der Waals surface area contributed by atoms with Gasteiger partial charge in [-0.3, -0.25) is 4.57 Å². The van der Waals surface area contributed by atoms with Gasteiger partial charge in [0.05, 0.1) is 22.4 Å². The van der Waals surface area contributed by atoms with Gasteiger partial charge in [-0.2, -0.15) is 0 Å². The fourth-order valence-corrected chi connectivity index (χ4v) is 7.84. The lowest BCUT2D eigenvalue weighted by Gasteiger charge is -2.22. The summed E-state index contributed by atoms with van der Waals surface area (Å²) in [5.41, 5.74) is 12.9. The third-order valence-corrected chi connectivity index (χ3v) is 10.00. The maximum atomic E-state index is 6.34. The van der Waals surface area contributed by atoms with Crippen molar-refractivity contribution in [3.8, 4) is 39.6 Å². The van der Waals surface area contributed by atoms with Crippen LogP contribution in [0.5, 0.6) is 0 Å². The predicted octanol–water partition coefficient (Wildman–Crippen LogP) is 11.1. The molecule has 0 saturated heterocycles. The first-order valence-corrected chi connectivity index (χ1v) is 16.1. The smallest absolute Gasteiger partial charge is 0.235 e. The number of aromatic nitrogens is 3. The van der Waals surface area contributed by atoms with Crippen LogP contribution in [-0.4, -0.2) is 14.5 Å². The molecule has 0 spiro atoms. The molecule has 0 saturated carbocycles. The summed E-state index contributed by atoms with van der Waals surface area (Å²) in [6, 6.07) is 49.0. The van der Waals surface area contributed by atoms with Gasteiger partial charge in [-0.1, -0.05) is 117 Å². The van der Waals surface area contributed by atoms with E-state index < -0.39 is 0 Å². The first-order valence-electron chi connectivity index (χ1n) is 16.1. The molecule has 0 N–H and O–H groups in total. The van der Waals surface area contributed by atoms with Gasteiger partial charge in [0.25, 0.3) is 0 Å². The summed E-state index contributed by atoms with van der Waals surface area (Å²) >= 11 is 0. The van der Waals surface area contributed by atoms with Crippen LogP contribution in [0.25, 0.3) is 83.3 Å². The quantitative estimate of drug-likeness (QED) is 0.202. The number of nitrogens with zero attached hydrogens (tertiary/aromatic N) is 3. The highest BCUT2D eigenvalue weighted by molar-refractivity contribution is 6.14. The summed E-state index contributed by atoms with van der Waals surface area (Å²) in [5, 5.41) is 4.75. The Bertz CT molecular complexity index is 2640. The normalized spacial score (nSPS) is 13.5. The van der Waals surface area contributed by atoms with Crippen molar-refractivity contribution in [3.63, 3.8) is 0 Å². The molecule has 0 amide bonds. The van der Waals surface area contributed by atoms with Crippen molar-refractivity contribution in [1.29, 1.82) is 0 Å². The predicted molar refractivity (Wildman–Crippen MR) is 192 cm³/mol. The average Bonchev–Trinajstić information content (AvgIpc) is 3.73. The largest absolute Gasteiger partial charge is 0.456 e. The average molecular weight is 604 g/mol. The Labute approximate surface area is 271 Å². The highest BCUT2D eigenvalue weighted by Gasteiger charge is 2.39. The summed E-state index contributed by atoms with van der Waals surface area (Å²) in [7, 11) is 0. The monoisotopic (exact) mass is 603 g/mol. The molecule has 10 rings (SSSR count). The van der Waals surface area contributed by atoms with Crippen LogP contribution in [0.4, 0.5) is 0 Å². The molecule has 0 bridgehead atoms. The summed E-state index contributed by atoms with van der Waals surface area (Å²) in [4.78, 5) is 10.5. The molecule has 0 unspecified atom stereocenters. The van der Waals surface area contributed by atoms with Crippen molar-refractivity contribution < 1.29 is 4.42 Å². The number of fused-ring (bicyclic) bond motifs is 10. The lowest BCUT2D eigenvalue weighted by atomic mass is 9.80. The minimum absolute atomic E-state index is 0.256. The van der Waals surface area contributed by atoms with E-state index in [9.17, 15) is 0 Å². The van der Waals surface area contributed by atoms with Crippen LogP contribution < -0.4 is 0 Å². The highest BCUT2D eigenvalue weighted by Crippen LogP contribution is 2.54. The van der Waals surface area contributed by atoms with Gasteiger partial charge in [-0.05, 0) is 58.7 Å². The third kappa shape index (κ3) is 3.70. The van der Waals surface area contributed by atoms with Gasteiger partial charge in [0.2, 0.25) is 5.95 Å². The number of hydrogen-bond acceptors (Lipinski definition) is 3. The molecule has 3 aromatic heterocycles. The van der Waals surface area contributed by atoms with Crippen molar-refractivity contribution in [2.45, 2.75) is 19.3 Å². The first kappa shape index (κ1) is 26.2. The molecule has 47 heavy (non-hydrogen) atoms. The lowest BCUT2D eigenvalue weighted by molar-refractivity contribution is 0.657. The van der Waals surface area contributed by atoms with Crippen LogP contribution in [0.2, 0.25) is 0 Å². The Hall–Kier alpha value is -6.00. The Morgan fingerprint density at radius 2 is 1.17 bits per heavy atom. The molecule has 4 heteroatoms. The Balaban J connectivity index is 1.28. The molecule has 0 atom stereocenters. The fraction of sp³-hybridized carbons (Fsp3) is 0.0698. The SMILES string of the molecule is CC1(C)c2cc3c(cc2-c2ccc4oc5ccccc5c4c21)c1ccccc1n3-c1nc(-c2ccccc2)cc(-c2ccccc2)n1. The van der Waals surface area contributed by atoms with Crippen LogP contribution in [-0.2, 0) is 5.41 Å². The van der Waals surface area contributed by atoms with Gasteiger partial charge < -0.3 is 4.42 Å². The molecule has 9 aromatic rings. The van der Waals surface area contributed by atoms with Crippen molar-refractivity contribution in [1.82, 2.24) is 14.5 Å². The molecule has 3 heterocycles. The van der Waals surface area contributed by atoms with Gasteiger partial charge in [0.1, 0.15) is 11.2 Å². The Morgan fingerprint density at radius 3 is 1.89 bits per heavy atom. The molecular formula is C43H29N3O. The topological polar surface area (TPSA) is 43.9 Å². The number of furan rings is 1. The van der Waals surface area contributed by atoms with Crippen molar-refractivity contribution >= 4 is 43.7 Å². The molecular weight excluding hydrogens is 574 g/mol. The van der Waals surface area contributed by atoms with Crippen LogP contribution in [0.1, 0.15) is 25.0 Å². The van der Waals surface area contributed by atoms with Gasteiger partial charge in [0, 0.05) is 38.1 Å². The Morgan fingerprint density at radius 1 is 0.532 bits per heavy atom. The highest BCUT2D eigenvalue weighted by atomic mass is 16.3. The van der Waals surface area contributed by atoms with E-state index in [1.165, 1.54) is 43.8 Å². The second kappa shape index (κ2) is 9.51. The maximum absolute atomic E-state index is 6.34. The molecule has 0 radical (unpaired) electrons. The Kier molecular flexibility index (Phi) is 5.31. The third-order valence-electron chi connectivity index (χ3n) is 10.00. The molecule has 222 valence electrons.